The molecule has 1 unspecified atom stereocenters. The average Bonchev–Trinajstić information content (AvgIpc) is 2.93. The third-order valence-electron chi connectivity index (χ3n) is 2.67. The number of anilines is 1. The molecule has 0 fully saturated rings. The molecule has 0 radical (unpaired) electrons. The van der Waals surface area contributed by atoms with Crippen LogP contribution in [0.15, 0.2) is 41.0 Å². The molecule has 0 spiro atoms. The maximum atomic E-state index is 11.9. The summed E-state index contributed by atoms with van der Waals surface area (Å²) in [5.41, 5.74) is 6.19. The minimum atomic E-state index is -0.689. The summed E-state index contributed by atoms with van der Waals surface area (Å²) in [7, 11) is 0. The van der Waals surface area contributed by atoms with Crippen LogP contribution in [0, 0.1) is 0 Å². The first-order chi connectivity index (χ1) is 9.56. The van der Waals surface area contributed by atoms with Crippen LogP contribution < -0.4 is 15.8 Å². The van der Waals surface area contributed by atoms with Crippen molar-refractivity contribution >= 4 is 23.2 Å². The molecule has 106 valence electrons. The van der Waals surface area contributed by atoms with E-state index in [4.69, 9.17) is 26.5 Å². The van der Waals surface area contributed by atoms with Crippen molar-refractivity contribution in [3.8, 4) is 5.75 Å². The van der Waals surface area contributed by atoms with Crippen LogP contribution in [0.3, 0.4) is 0 Å². The van der Waals surface area contributed by atoms with E-state index in [2.05, 4.69) is 5.32 Å². The number of nitrogens with two attached hydrogens (primary N) is 1. The summed E-state index contributed by atoms with van der Waals surface area (Å²) in [6.45, 7) is 1.95. The topological polar surface area (TPSA) is 77.5 Å². The van der Waals surface area contributed by atoms with Gasteiger partial charge in [0.1, 0.15) is 11.5 Å². The lowest BCUT2D eigenvalue weighted by Crippen LogP contribution is -2.35. The number of rotatable bonds is 5. The summed E-state index contributed by atoms with van der Waals surface area (Å²) < 4.78 is 10.6. The number of hydrogen-bond donors (Lipinski definition) is 2. The first-order valence-corrected chi connectivity index (χ1v) is 6.46. The number of amides is 1. The number of furan rings is 1. The molecule has 0 bridgehead atoms. The fourth-order valence-corrected chi connectivity index (χ4v) is 1.75. The second-order valence-electron chi connectivity index (χ2n) is 4.24. The molecular formula is C14H15ClN2O3. The van der Waals surface area contributed by atoms with Gasteiger partial charge in [-0.3, -0.25) is 4.79 Å². The zero-order valence-corrected chi connectivity index (χ0v) is 11.7. The SMILES string of the molecule is CC(Oc1cc(Cl)ccc1N)C(=O)NCc1ccco1. The van der Waals surface area contributed by atoms with Crippen molar-refractivity contribution in [2.75, 3.05) is 5.73 Å². The molecule has 20 heavy (non-hydrogen) atoms. The van der Waals surface area contributed by atoms with Crippen LogP contribution in [-0.4, -0.2) is 12.0 Å². The molecule has 2 rings (SSSR count). The van der Waals surface area contributed by atoms with Gasteiger partial charge in [-0.05, 0) is 31.2 Å². The molecule has 1 heterocycles. The van der Waals surface area contributed by atoms with Gasteiger partial charge in [0.15, 0.2) is 6.10 Å². The Labute approximate surface area is 121 Å². The highest BCUT2D eigenvalue weighted by atomic mass is 35.5. The van der Waals surface area contributed by atoms with Crippen LogP contribution in [0.4, 0.5) is 5.69 Å². The summed E-state index contributed by atoms with van der Waals surface area (Å²) in [4.78, 5) is 11.9. The number of nitrogens with one attached hydrogen (secondary N) is 1. The number of benzene rings is 1. The Bertz CT molecular complexity index is 584. The normalized spacial score (nSPS) is 11.9. The van der Waals surface area contributed by atoms with Crippen molar-refractivity contribution < 1.29 is 13.9 Å². The molecule has 1 aromatic heterocycles. The van der Waals surface area contributed by atoms with Crippen molar-refractivity contribution in [2.45, 2.75) is 19.6 Å². The quantitative estimate of drug-likeness (QED) is 0.831. The minimum Gasteiger partial charge on any atom is -0.479 e. The van der Waals surface area contributed by atoms with E-state index in [1.165, 1.54) is 0 Å². The van der Waals surface area contributed by atoms with Crippen molar-refractivity contribution in [2.24, 2.45) is 0 Å². The zero-order chi connectivity index (χ0) is 14.5. The summed E-state index contributed by atoms with van der Waals surface area (Å²) in [5, 5.41) is 3.21. The van der Waals surface area contributed by atoms with E-state index in [1.54, 1.807) is 43.5 Å². The van der Waals surface area contributed by atoms with E-state index in [0.717, 1.165) is 0 Å². The molecule has 0 aliphatic carbocycles. The summed E-state index contributed by atoms with van der Waals surface area (Å²) in [5.74, 6) is 0.798. The van der Waals surface area contributed by atoms with E-state index in [1.807, 2.05) is 0 Å². The van der Waals surface area contributed by atoms with Crippen LogP contribution in [0.5, 0.6) is 5.75 Å². The van der Waals surface area contributed by atoms with Gasteiger partial charge in [-0.1, -0.05) is 11.6 Å². The Hall–Kier alpha value is -2.14. The van der Waals surface area contributed by atoms with Crippen LogP contribution in [-0.2, 0) is 11.3 Å². The third-order valence-corrected chi connectivity index (χ3v) is 2.90. The fourth-order valence-electron chi connectivity index (χ4n) is 1.59. The summed E-state index contributed by atoms with van der Waals surface area (Å²) in [6.07, 6.45) is 0.861. The zero-order valence-electron chi connectivity index (χ0n) is 10.9. The molecule has 1 amide bonds. The molecule has 2 aromatic rings. The van der Waals surface area contributed by atoms with E-state index >= 15 is 0 Å². The largest absolute Gasteiger partial charge is 0.479 e. The van der Waals surface area contributed by atoms with Gasteiger partial charge < -0.3 is 20.2 Å². The standard InChI is InChI=1S/C14H15ClN2O3/c1-9(14(18)17-8-11-3-2-6-19-11)20-13-7-10(15)4-5-12(13)16/h2-7,9H,8,16H2,1H3,(H,17,18). The molecule has 5 nitrogen and oxygen atoms in total. The van der Waals surface area contributed by atoms with Gasteiger partial charge in [-0.15, -0.1) is 0 Å². The van der Waals surface area contributed by atoms with E-state index in [9.17, 15) is 4.79 Å². The monoisotopic (exact) mass is 294 g/mol. The van der Waals surface area contributed by atoms with Crippen molar-refractivity contribution in [3.63, 3.8) is 0 Å². The molecule has 3 N–H and O–H groups in total. The number of hydrogen-bond acceptors (Lipinski definition) is 4. The van der Waals surface area contributed by atoms with Gasteiger partial charge in [0.2, 0.25) is 0 Å². The van der Waals surface area contributed by atoms with Gasteiger partial charge in [0, 0.05) is 11.1 Å². The Morgan fingerprint density at radius 2 is 2.30 bits per heavy atom. The van der Waals surface area contributed by atoms with Crippen LogP contribution in [0.25, 0.3) is 0 Å². The predicted molar refractivity (Wildman–Crippen MR) is 76.5 cm³/mol. The predicted octanol–water partition coefficient (Wildman–Crippen LogP) is 2.60. The molecule has 0 aliphatic heterocycles. The molecule has 0 saturated carbocycles. The smallest absolute Gasteiger partial charge is 0.261 e. The van der Waals surface area contributed by atoms with E-state index in [-0.39, 0.29) is 5.91 Å². The minimum absolute atomic E-state index is 0.263. The highest BCUT2D eigenvalue weighted by Gasteiger charge is 2.16. The lowest BCUT2D eigenvalue weighted by molar-refractivity contribution is -0.127. The number of carbonyl (C=O) groups is 1. The first kappa shape index (κ1) is 14.3. The summed E-state index contributed by atoms with van der Waals surface area (Å²) >= 11 is 5.86. The van der Waals surface area contributed by atoms with Gasteiger partial charge >= 0.3 is 0 Å². The Balaban J connectivity index is 1.92. The molecule has 6 heteroatoms. The van der Waals surface area contributed by atoms with E-state index in [0.29, 0.717) is 28.8 Å². The third kappa shape index (κ3) is 3.68. The maximum Gasteiger partial charge on any atom is 0.261 e. The number of nitrogen functional groups attached to an aromatic ring is 1. The first-order valence-electron chi connectivity index (χ1n) is 6.08. The molecule has 1 aromatic carbocycles. The second-order valence-corrected chi connectivity index (χ2v) is 4.68. The van der Waals surface area contributed by atoms with Crippen molar-refractivity contribution in [3.05, 3.63) is 47.4 Å². The second kappa shape index (κ2) is 6.34. The molecule has 0 aliphatic rings. The van der Waals surface area contributed by atoms with Gasteiger partial charge in [0.25, 0.3) is 5.91 Å². The lowest BCUT2D eigenvalue weighted by Gasteiger charge is -2.15. The highest BCUT2D eigenvalue weighted by Crippen LogP contribution is 2.26. The maximum absolute atomic E-state index is 11.9. The Morgan fingerprint density at radius 1 is 1.50 bits per heavy atom. The molecule has 0 saturated heterocycles. The Morgan fingerprint density at radius 3 is 3.00 bits per heavy atom. The molecular weight excluding hydrogens is 280 g/mol. The van der Waals surface area contributed by atoms with Crippen LogP contribution in [0.2, 0.25) is 5.02 Å². The Kier molecular flexibility index (Phi) is 4.53. The van der Waals surface area contributed by atoms with Gasteiger partial charge in [-0.25, -0.2) is 0 Å². The van der Waals surface area contributed by atoms with Crippen molar-refractivity contribution in [1.29, 1.82) is 0 Å². The molecule has 1 atom stereocenters. The summed E-state index contributed by atoms with van der Waals surface area (Å²) in [6, 6.07) is 8.40. The van der Waals surface area contributed by atoms with E-state index < -0.39 is 6.10 Å². The number of halogens is 1. The fraction of sp³-hybridized carbons (Fsp3) is 0.214. The van der Waals surface area contributed by atoms with Gasteiger partial charge in [0.05, 0.1) is 18.5 Å². The van der Waals surface area contributed by atoms with Crippen LogP contribution >= 0.6 is 11.6 Å². The lowest BCUT2D eigenvalue weighted by atomic mass is 10.3. The average molecular weight is 295 g/mol. The number of ether oxygens (including phenoxy) is 1. The van der Waals surface area contributed by atoms with Crippen LogP contribution in [0.1, 0.15) is 12.7 Å². The highest BCUT2D eigenvalue weighted by molar-refractivity contribution is 6.30. The number of carbonyl (C=O) groups excluding carboxylic acids is 1. The van der Waals surface area contributed by atoms with Gasteiger partial charge in [-0.2, -0.15) is 0 Å². The van der Waals surface area contributed by atoms with Crippen molar-refractivity contribution in [1.82, 2.24) is 5.32 Å².